The zero-order chi connectivity index (χ0) is 20.6. The van der Waals surface area contributed by atoms with Gasteiger partial charge in [0.1, 0.15) is 11.4 Å². The minimum absolute atomic E-state index is 0.0699. The number of hydrogen-bond acceptors (Lipinski definition) is 4. The third-order valence-electron chi connectivity index (χ3n) is 5.25. The number of hydrogen-bond donors (Lipinski definition) is 1. The average molecular weight is 384 g/mol. The van der Waals surface area contributed by atoms with Crippen molar-refractivity contribution in [3.05, 3.63) is 42.0 Å². The fourth-order valence-electron chi connectivity index (χ4n) is 3.62. The number of rotatable bonds is 1. The number of piperazine rings is 1. The highest BCUT2D eigenvalue weighted by molar-refractivity contribution is 6.07. The van der Waals surface area contributed by atoms with Crippen molar-refractivity contribution >= 4 is 22.8 Å². The quantitative estimate of drug-likeness (QED) is 0.806. The Morgan fingerprint density at radius 2 is 1.68 bits per heavy atom. The lowest BCUT2D eigenvalue weighted by molar-refractivity contribution is -0.0101. The molecular formula is C22H28N2O4. The number of phenolic OH excluding ortho intramolecular Hbond substituents is 1. The van der Waals surface area contributed by atoms with Gasteiger partial charge in [0.25, 0.3) is 5.91 Å². The molecule has 1 fully saturated rings. The Kier molecular flexibility index (Phi) is 5.24. The number of aromatic hydroxyl groups is 1. The van der Waals surface area contributed by atoms with E-state index in [9.17, 15) is 14.7 Å². The number of phenols is 1. The summed E-state index contributed by atoms with van der Waals surface area (Å²) in [5, 5.41) is 11.3. The van der Waals surface area contributed by atoms with Crippen LogP contribution >= 0.6 is 0 Å². The van der Waals surface area contributed by atoms with Gasteiger partial charge in [0.15, 0.2) is 0 Å². The Balaban J connectivity index is 1.83. The minimum atomic E-state index is -0.554. The van der Waals surface area contributed by atoms with Gasteiger partial charge in [-0.15, -0.1) is 0 Å². The highest BCUT2D eigenvalue weighted by atomic mass is 16.6. The van der Waals surface area contributed by atoms with Crippen LogP contribution in [-0.2, 0) is 4.74 Å². The summed E-state index contributed by atoms with van der Waals surface area (Å²) in [6.45, 7) is 10.3. The molecule has 1 aliphatic heterocycles. The summed E-state index contributed by atoms with van der Waals surface area (Å²) in [6.07, 6.45) is -0.348. The lowest BCUT2D eigenvalue weighted by atomic mass is 10.00. The van der Waals surface area contributed by atoms with Gasteiger partial charge < -0.3 is 19.6 Å². The molecular weight excluding hydrogens is 356 g/mol. The Hall–Kier alpha value is -2.76. The van der Waals surface area contributed by atoms with Crippen molar-refractivity contribution in [1.82, 2.24) is 9.80 Å². The van der Waals surface area contributed by atoms with Gasteiger partial charge in [0.2, 0.25) is 0 Å². The third kappa shape index (κ3) is 3.91. The molecule has 2 atom stereocenters. The molecule has 1 saturated heterocycles. The summed E-state index contributed by atoms with van der Waals surface area (Å²) < 4.78 is 5.51. The molecule has 150 valence electrons. The summed E-state index contributed by atoms with van der Waals surface area (Å²) in [7, 11) is 0. The van der Waals surface area contributed by atoms with Crippen LogP contribution in [0.15, 0.2) is 36.4 Å². The summed E-state index contributed by atoms with van der Waals surface area (Å²) >= 11 is 0. The van der Waals surface area contributed by atoms with Gasteiger partial charge in [0, 0.05) is 24.7 Å². The number of carbonyl (C=O) groups is 2. The molecule has 2 unspecified atom stereocenters. The van der Waals surface area contributed by atoms with Crippen molar-refractivity contribution in [2.75, 3.05) is 13.1 Å². The van der Waals surface area contributed by atoms with Crippen LogP contribution in [0.5, 0.6) is 5.75 Å². The molecule has 0 bridgehead atoms. The second kappa shape index (κ2) is 7.34. The smallest absolute Gasteiger partial charge is 0.410 e. The third-order valence-corrected chi connectivity index (χ3v) is 5.25. The molecule has 2 aromatic carbocycles. The van der Waals surface area contributed by atoms with Gasteiger partial charge in [-0.2, -0.15) is 0 Å². The van der Waals surface area contributed by atoms with Crippen LogP contribution in [0.4, 0.5) is 4.79 Å². The molecule has 6 heteroatoms. The first-order valence-electron chi connectivity index (χ1n) is 9.61. The number of carbonyl (C=O) groups excluding carboxylic acids is 2. The normalized spacial score (nSPS) is 20.3. The van der Waals surface area contributed by atoms with Crippen LogP contribution in [0.2, 0.25) is 0 Å². The van der Waals surface area contributed by atoms with Crippen LogP contribution < -0.4 is 0 Å². The zero-order valence-corrected chi connectivity index (χ0v) is 17.1. The monoisotopic (exact) mass is 384 g/mol. The van der Waals surface area contributed by atoms with Gasteiger partial charge in [-0.1, -0.05) is 12.1 Å². The first kappa shape index (κ1) is 20.0. The highest BCUT2D eigenvalue weighted by Crippen LogP contribution is 2.27. The van der Waals surface area contributed by atoms with Crippen molar-refractivity contribution in [2.24, 2.45) is 0 Å². The second-order valence-corrected chi connectivity index (χ2v) is 8.36. The van der Waals surface area contributed by atoms with Crippen molar-refractivity contribution in [2.45, 2.75) is 52.3 Å². The number of nitrogens with zero attached hydrogens (tertiary/aromatic N) is 2. The van der Waals surface area contributed by atoms with E-state index in [2.05, 4.69) is 0 Å². The molecule has 2 amide bonds. The Morgan fingerprint density at radius 1 is 1.04 bits per heavy atom. The first-order valence-corrected chi connectivity index (χ1v) is 9.61. The van der Waals surface area contributed by atoms with E-state index in [1.54, 1.807) is 29.2 Å². The minimum Gasteiger partial charge on any atom is -0.508 e. The molecule has 6 nitrogen and oxygen atoms in total. The van der Waals surface area contributed by atoms with E-state index >= 15 is 0 Å². The van der Waals surface area contributed by atoms with Crippen LogP contribution in [0.1, 0.15) is 45.0 Å². The first-order chi connectivity index (χ1) is 13.1. The fourth-order valence-corrected chi connectivity index (χ4v) is 3.62. The molecule has 1 heterocycles. The molecule has 0 aliphatic carbocycles. The number of amides is 2. The van der Waals surface area contributed by atoms with Gasteiger partial charge in [-0.3, -0.25) is 4.79 Å². The van der Waals surface area contributed by atoms with E-state index in [0.717, 1.165) is 10.8 Å². The maximum atomic E-state index is 13.3. The van der Waals surface area contributed by atoms with E-state index in [1.165, 1.54) is 0 Å². The molecule has 0 aromatic heterocycles. The molecule has 28 heavy (non-hydrogen) atoms. The molecule has 0 saturated carbocycles. The highest BCUT2D eigenvalue weighted by Gasteiger charge is 2.38. The topological polar surface area (TPSA) is 70.1 Å². The van der Waals surface area contributed by atoms with Gasteiger partial charge >= 0.3 is 6.09 Å². The van der Waals surface area contributed by atoms with Crippen LogP contribution in [0, 0.1) is 0 Å². The largest absolute Gasteiger partial charge is 0.508 e. The maximum Gasteiger partial charge on any atom is 0.410 e. The standard InChI is InChI=1S/C22H28N2O4/c1-14-15(2)24(21(27)28-22(3,4)5)12-11-23(14)20(26)19-8-6-7-16-13-17(25)9-10-18(16)19/h6-10,13-15,25H,11-12H2,1-5H3. The maximum absolute atomic E-state index is 13.3. The number of fused-ring (bicyclic) bond motifs is 1. The van der Waals surface area contributed by atoms with Crippen LogP contribution in [-0.4, -0.2) is 57.7 Å². The van der Waals surface area contributed by atoms with Gasteiger partial charge in [0.05, 0.1) is 6.04 Å². The van der Waals surface area contributed by atoms with Gasteiger partial charge in [-0.25, -0.2) is 4.79 Å². The van der Waals surface area contributed by atoms with Crippen LogP contribution in [0.25, 0.3) is 10.8 Å². The Labute approximate surface area is 165 Å². The van der Waals surface area contributed by atoms with E-state index in [1.807, 2.05) is 51.7 Å². The predicted octanol–water partition coefficient (Wildman–Crippen LogP) is 4.02. The van der Waals surface area contributed by atoms with Crippen molar-refractivity contribution < 1.29 is 19.4 Å². The molecule has 0 radical (unpaired) electrons. The van der Waals surface area contributed by atoms with Crippen molar-refractivity contribution in [3.8, 4) is 5.75 Å². The lowest BCUT2D eigenvalue weighted by Gasteiger charge is -2.45. The zero-order valence-electron chi connectivity index (χ0n) is 17.1. The van der Waals surface area contributed by atoms with E-state index in [4.69, 9.17) is 4.74 Å². The number of benzene rings is 2. The molecule has 0 spiro atoms. The summed E-state index contributed by atoms with van der Waals surface area (Å²) in [4.78, 5) is 29.3. The Morgan fingerprint density at radius 3 is 2.36 bits per heavy atom. The molecule has 1 N–H and O–H groups in total. The molecule has 2 aromatic rings. The van der Waals surface area contributed by atoms with Crippen molar-refractivity contribution in [1.29, 1.82) is 0 Å². The van der Waals surface area contributed by atoms with E-state index < -0.39 is 5.60 Å². The lowest BCUT2D eigenvalue weighted by Crippen LogP contribution is -2.60. The van der Waals surface area contributed by atoms with E-state index in [0.29, 0.717) is 18.7 Å². The van der Waals surface area contributed by atoms with Gasteiger partial charge in [-0.05, 0) is 69.7 Å². The SMILES string of the molecule is CC1C(C)N(C(=O)c2cccc3cc(O)ccc23)CCN1C(=O)OC(C)(C)C. The molecule has 1 aliphatic rings. The fraction of sp³-hybridized carbons (Fsp3) is 0.455. The van der Waals surface area contributed by atoms with Crippen LogP contribution in [0.3, 0.4) is 0 Å². The molecule has 3 rings (SSSR count). The Bertz CT molecular complexity index is 903. The average Bonchev–Trinajstić information content (AvgIpc) is 2.61. The second-order valence-electron chi connectivity index (χ2n) is 8.36. The predicted molar refractivity (Wildman–Crippen MR) is 109 cm³/mol. The number of ether oxygens (including phenoxy) is 1. The van der Waals surface area contributed by atoms with E-state index in [-0.39, 0.29) is 29.8 Å². The summed E-state index contributed by atoms with van der Waals surface area (Å²) in [6, 6.07) is 10.2. The summed E-state index contributed by atoms with van der Waals surface area (Å²) in [5.74, 6) is 0.101. The van der Waals surface area contributed by atoms with Crippen molar-refractivity contribution in [3.63, 3.8) is 0 Å². The summed E-state index contributed by atoms with van der Waals surface area (Å²) in [5.41, 5.74) is 0.0453.